The maximum absolute atomic E-state index is 12.4. The molecule has 0 spiro atoms. The van der Waals surface area contributed by atoms with Gasteiger partial charge >= 0.3 is 5.97 Å². The third-order valence-corrected chi connectivity index (χ3v) is 13.1. The average molecular weight is 927 g/mol. The van der Waals surface area contributed by atoms with Gasteiger partial charge in [0.2, 0.25) is 5.91 Å². The number of ether oxygens (including phenoxy) is 1. The molecule has 2 unspecified atom stereocenters. The molecule has 6 nitrogen and oxygen atoms in total. The van der Waals surface area contributed by atoms with Crippen LogP contribution in [0, 0.1) is 0 Å². The van der Waals surface area contributed by atoms with E-state index in [1.165, 1.54) is 205 Å². The quantitative estimate of drug-likeness (QED) is 0.0321. The summed E-state index contributed by atoms with van der Waals surface area (Å²) in [5.74, 6) is -0.0826. The molecule has 0 aliphatic carbocycles. The number of carbonyl (C=O) groups excluding carboxylic acids is 2. The Morgan fingerprint density at radius 3 is 1.17 bits per heavy atom. The van der Waals surface area contributed by atoms with Gasteiger partial charge in [0.15, 0.2) is 0 Å². The van der Waals surface area contributed by atoms with Crippen LogP contribution in [-0.4, -0.2) is 47.4 Å². The highest BCUT2D eigenvalue weighted by molar-refractivity contribution is 5.76. The second kappa shape index (κ2) is 55.4. The fourth-order valence-electron chi connectivity index (χ4n) is 8.60. The van der Waals surface area contributed by atoms with E-state index in [1.54, 1.807) is 6.08 Å². The molecule has 1 amide bonds. The van der Waals surface area contributed by atoms with Crippen LogP contribution in [0.5, 0.6) is 0 Å². The van der Waals surface area contributed by atoms with Crippen molar-refractivity contribution in [2.45, 2.75) is 309 Å². The first-order valence-electron chi connectivity index (χ1n) is 28.9. The maximum Gasteiger partial charge on any atom is 0.305 e. The molecule has 0 heterocycles. The zero-order valence-corrected chi connectivity index (χ0v) is 43.9. The van der Waals surface area contributed by atoms with Crippen LogP contribution in [-0.2, 0) is 14.3 Å². The predicted molar refractivity (Wildman–Crippen MR) is 287 cm³/mol. The molecular formula is C60H111NO5. The van der Waals surface area contributed by atoms with E-state index in [1.807, 2.05) is 6.08 Å². The monoisotopic (exact) mass is 926 g/mol. The molecule has 3 N–H and O–H groups in total. The Bertz CT molecular complexity index is 1110. The Labute approximate surface area is 410 Å². The second-order valence-corrected chi connectivity index (χ2v) is 19.6. The molecule has 0 aromatic heterocycles. The van der Waals surface area contributed by atoms with Gasteiger partial charge < -0.3 is 20.3 Å². The van der Waals surface area contributed by atoms with Crippen LogP contribution in [0.2, 0.25) is 0 Å². The number of rotatable bonds is 53. The molecule has 2 atom stereocenters. The number of esters is 1. The fraction of sp³-hybridized carbons (Fsp3) is 0.833. The van der Waals surface area contributed by atoms with Crippen molar-refractivity contribution in [3.63, 3.8) is 0 Å². The lowest BCUT2D eigenvalue weighted by Crippen LogP contribution is -2.45. The fourth-order valence-corrected chi connectivity index (χ4v) is 8.60. The lowest BCUT2D eigenvalue weighted by Gasteiger charge is -2.20. The summed E-state index contributed by atoms with van der Waals surface area (Å²) in [6.45, 7) is 4.87. The molecule has 0 bridgehead atoms. The van der Waals surface area contributed by atoms with Gasteiger partial charge in [0.05, 0.1) is 25.4 Å². The molecule has 386 valence electrons. The molecule has 0 saturated heterocycles. The highest BCUT2D eigenvalue weighted by Gasteiger charge is 2.18. The molecule has 0 rings (SSSR count). The number of unbranched alkanes of at least 4 members (excludes halogenated alkanes) is 36. The summed E-state index contributed by atoms with van der Waals surface area (Å²) in [4.78, 5) is 24.4. The molecule has 0 aliphatic rings. The number of amides is 1. The van der Waals surface area contributed by atoms with Crippen LogP contribution in [0.15, 0.2) is 48.6 Å². The topological polar surface area (TPSA) is 95.9 Å². The number of hydrogen-bond acceptors (Lipinski definition) is 5. The van der Waals surface area contributed by atoms with Crippen molar-refractivity contribution in [2.24, 2.45) is 0 Å². The van der Waals surface area contributed by atoms with Crippen molar-refractivity contribution in [1.82, 2.24) is 5.32 Å². The van der Waals surface area contributed by atoms with Crippen molar-refractivity contribution < 1.29 is 24.5 Å². The third-order valence-electron chi connectivity index (χ3n) is 13.1. The predicted octanol–water partition coefficient (Wildman–Crippen LogP) is 17.8. The van der Waals surface area contributed by atoms with E-state index in [4.69, 9.17) is 4.74 Å². The van der Waals surface area contributed by atoms with Crippen LogP contribution in [0.25, 0.3) is 0 Å². The standard InChI is InChI=1S/C60H111NO5/c1-3-5-7-9-11-13-15-17-30-34-38-42-46-50-54-60(65)66-55-51-47-43-39-35-31-28-26-24-22-20-18-19-21-23-25-27-29-33-37-41-45-49-53-59(64)61-57(56-62)58(63)52-48-44-40-36-32-16-14-12-10-8-6-4-2/h15,17-18,20-21,23,48,52,57-58,62-63H,3-14,16,19,22,24-47,49-51,53-56H2,1-2H3,(H,61,64)/b17-15-,20-18-,23-21-,52-48+. The molecule has 0 aliphatic heterocycles. The summed E-state index contributed by atoms with van der Waals surface area (Å²) in [6, 6.07) is -0.635. The van der Waals surface area contributed by atoms with Gasteiger partial charge in [-0.3, -0.25) is 9.59 Å². The van der Waals surface area contributed by atoms with Gasteiger partial charge in [-0.2, -0.15) is 0 Å². The Kier molecular flexibility index (Phi) is 53.6. The summed E-state index contributed by atoms with van der Waals surface area (Å²) in [5.41, 5.74) is 0. The van der Waals surface area contributed by atoms with E-state index in [-0.39, 0.29) is 18.5 Å². The Morgan fingerprint density at radius 1 is 0.424 bits per heavy atom. The van der Waals surface area contributed by atoms with Crippen molar-refractivity contribution in [2.75, 3.05) is 13.2 Å². The van der Waals surface area contributed by atoms with Crippen molar-refractivity contribution in [1.29, 1.82) is 0 Å². The van der Waals surface area contributed by atoms with E-state index in [2.05, 4.69) is 55.6 Å². The van der Waals surface area contributed by atoms with Crippen LogP contribution >= 0.6 is 0 Å². The number of aliphatic hydroxyl groups is 2. The molecular weight excluding hydrogens is 815 g/mol. The summed E-state index contributed by atoms with van der Waals surface area (Å²) >= 11 is 0. The minimum absolute atomic E-state index is 0.00269. The van der Waals surface area contributed by atoms with E-state index < -0.39 is 12.1 Å². The lowest BCUT2D eigenvalue weighted by molar-refractivity contribution is -0.143. The van der Waals surface area contributed by atoms with E-state index >= 15 is 0 Å². The molecule has 66 heavy (non-hydrogen) atoms. The van der Waals surface area contributed by atoms with Gasteiger partial charge in [0, 0.05) is 12.8 Å². The average Bonchev–Trinajstić information content (AvgIpc) is 3.32. The van der Waals surface area contributed by atoms with Crippen molar-refractivity contribution in [3.8, 4) is 0 Å². The van der Waals surface area contributed by atoms with Crippen molar-refractivity contribution >= 4 is 11.9 Å². The van der Waals surface area contributed by atoms with E-state index in [0.29, 0.717) is 19.4 Å². The van der Waals surface area contributed by atoms with Crippen LogP contribution < -0.4 is 5.32 Å². The van der Waals surface area contributed by atoms with Crippen LogP contribution in [0.3, 0.4) is 0 Å². The number of nitrogens with one attached hydrogen (secondary N) is 1. The molecule has 6 heteroatoms. The van der Waals surface area contributed by atoms with Gasteiger partial charge in [-0.1, -0.05) is 242 Å². The van der Waals surface area contributed by atoms with Gasteiger partial charge in [0.1, 0.15) is 0 Å². The van der Waals surface area contributed by atoms with Gasteiger partial charge in [-0.05, 0) is 89.9 Å². The highest BCUT2D eigenvalue weighted by atomic mass is 16.5. The first kappa shape index (κ1) is 63.8. The van der Waals surface area contributed by atoms with Crippen LogP contribution in [0.4, 0.5) is 0 Å². The Balaban J connectivity index is 3.47. The second-order valence-electron chi connectivity index (χ2n) is 19.6. The van der Waals surface area contributed by atoms with Crippen molar-refractivity contribution in [3.05, 3.63) is 48.6 Å². The first-order valence-corrected chi connectivity index (χ1v) is 28.9. The smallest absolute Gasteiger partial charge is 0.305 e. The SMILES string of the molecule is CCCCCCC/C=C\CCCCCCCC(=O)OCCCCCCCCCCC/C=C\C/C=C\CCCCCCCCCC(=O)NC(CO)C(O)/C=C/CCCCCCCCCCCC. The molecule has 0 aromatic rings. The molecule has 0 fully saturated rings. The summed E-state index contributed by atoms with van der Waals surface area (Å²) in [5, 5.41) is 23.0. The maximum atomic E-state index is 12.4. The molecule has 0 saturated carbocycles. The first-order chi connectivity index (χ1) is 32.5. The summed E-state index contributed by atoms with van der Waals surface area (Å²) < 4.78 is 5.47. The molecule has 0 radical (unpaired) electrons. The lowest BCUT2D eigenvalue weighted by atomic mass is 10.1. The van der Waals surface area contributed by atoms with Gasteiger partial charge in [-0.15, -0.1) is 0 Å². The number of aliphatic hydroxyl groups excluding tert-OH is 2. The van der Waals surface area contributed by atoms with Gasteiger partial charge in [-0.25, -0.2) is 0 Å². The normalized spacial score (nSPS) is 13.0. The Hall–Kier alpha value is -2.18. The minimum Gasteiger partial charge on any atom is -0.466 e. The number of allylic oxidation sites excluding steroid dienone is 7. The van der Waals surface area contributed by atoms with Crippen LogP contribution in [0.1, 0.15) is 296 Å². The minimum atomic E-state index is -0.850. The zero-order chi connectivity index (χ0) is 47.9. The third kappa shape index (κ3) is 51.2. The zero-order valence-electron chi connectivity index (χ0n) is 43.9. The Morgan fingerprint density at radius 2 is 0.758 bits per heavy atom. The largest absolute Gasteiger partial charge is 0.466 e. The van der Waals surface area contributed by atoms with E-state index in [9.17, 15) is 19.8 Å². The highest BCUT2D eigenvalue weighted by Crippen LogP contribution is 2.15. The number of carbonyl (C=O) groups is 2. The molecule has 0 aromatic carbocycles. The summed E-state index contributed by atoms with van der Waals surface area (Å²) in [7, 11) is 0. The van der Waals surface area contributed by atoms with E-state index in [0.717, 1.165) is 64.2 Å². The number of hydrogen-bond donors (Lipinski definition) is 3. The van der Waals surface area contributed by atoms with Gasteiger partial charge in [0.25, 0.3) is 0 Å². The summed E-state index contributed by atoms with van der Waals surface area (Å²) in [6.07, 6.45) is 69.9.